The highest BCUT2D eigenvalue weighted by Gasteiger charge is 2.44. The Balaban J connectivity index is 0.0000336. The summed E-state index contributed by atoms with van der Waals surface area (Å²) in [5, 5.41) is 76.6. The van der Waals surface area contributed by atoms with E-state index in [1.54, 1.807) is 56.5 Å². The highest BCUT2D eigenvalue weighted by molar-refractivity contribution is 6.01. The molecule has 2 fully saturated rings. The molecule has 3 aromatic rings. The van der Waals surface area contributed by atoms with Crippen molar-refractivity contribution in [1.29, 1.82) is 5.41 Å². The zero-order valence-corrected chi connectivity index (χ0v) is 79.5. The van der Waals surface area contributed by atoms with Crippen molar-refractivity contribution in [2.45, 2.75) is 326 Å². The largest absolute Gasteiger partial charge is 0.481 e. The number of allylic oxidation sites excluding steroid dienone is 1. The molecule has 6 rings (SSSR count). The van der Waals surface area contributed by atoms with Gasteiger partial charge in [-0.05, 0) is 81.9 Å². The number of aliphatic carboxylic acids is 1. The number of carbonyl (C=O) groups excluding carboxylic acids is 16. The number of hydrogen-bond donors (Lipinski definition) is 21. The number of aliphatic imine (C=N–C) groups is 1. The van der Waals surface area contributed by atoms with E-state index in [9.17, 15) is 67.7 Å². The molecule has 2 aromatic carbocycles. The van der Waals surface area contributed by atoms with Crippen molar-refractivity contribution in [3.63, 3.8) is 0 Å². The van der Waals surface area contributed by atoms with Crippen molar-refractivity contribution in [3.05, 3.63) is 83.7 Å². The maximum Gasteiger partial charge on any atom is 0.303 e. The molecule has 0 radical (unpaired) electrons. The lowest BCUT2D eigenvalue weighted by Gasteiger charge is -2.31. The molecule has 1 aromatic heterocycles. The van der Waals surface area contributed by atoms with Crippen LogP contribution in [0.4, 0.5) is 0 Å². The Morgan fingerprint density at radius 1 is 0.594 bits per heavy atom. The normalized spacial score (nSPS) is 19.1. The molecule has 12 atom stereocenters. The first-order valence-electron chi connectivity index (χ1n) is 48.2. The number of nitrogens with two attached hydrogens (primary N) is 2. The van der Waals surface area contributed by atoms with E-state index in [0.717, 1.165) is 80.0 Å². The number of primary amides is 1. The molecule has 3 aliphatic rings. The quantitative estimate of drug-likeness (QED) is 0.0217. The Bertz CT molecular complexity index is 4510. The van der Waals surface area contributed by atoms with Crippen LogP contribution >= 0.6 is 0 Å². The number of guanidine groups is 1. The van der Waals surface area contributed by atoms with Gasteiger partial charge < -0.3 is 121 Å². The highest BCUT2D eigenvalue weighted by Crippen LogP contribution is 2.25. The Morgan fingerprint density at radius 3 is 1.85 bits per heavy atom. The van der Waals surface area contributed by atoms with E-state index in [4.69, 9.17) is 31.5 Å². The van der Waals surface area contributed by atoms with Crippen LogP contribution in [0.1, 0.15) is 245 Å². The third kappa shape index (κ3) is 45.0. The molecular formula is C96H150N20O22. The molecule has 0 bridgehead atoms. The number of benzene rings is 2. The number of aromatic amines is 1. The molecule has 0 unspecified atom stereocenters. The number of unbranched alkanes of at least 4 members (excludes halogenated alkanes) is 12. The topological polar surface area (TPSA) is 645 Å². The summed E-state index contributed by atoms with van der Waals surface area (Å²) in [6, 6.07) is -1.14. The van der Waals surface area contributed by atoms with Crippen LogP contribution in [0.3, 0.4) is 0 Å². The predicted molar refractivity (Wildman–Crippen MR) is 515 cm³/mol. The fraction of sp³-hybridized carbons (Fsp3) is 0.635. The Morgan fingerprint density at radius 2 is 1.20 bits per heavy atom. The molecule has 766 valence electrons. The van der Waals surface area contributed by atoms with Crippen molar-refractivity contribution in [1.82, 2.24) is 84.3 Å². The van der Waals surface area contributed by atoms with E-state index < -0.39 is 200 Å². The summed E-state index contributed by atoms with van der Waals surface area (Å²) < 4.78 is 10.8. The van der Waals surface area contributed by atoms with Crippen molar-refractivity contribution < 1.29 is 106 Å². The van der Waals surface area contributed by atoms with Crippen LogP contribution in [0.5, 0.6) is 0 Å². The van der Waals surface area contributed by atoms with Gasteiger partial charge in [0.25, 0.3) is 0 Å². The van der Waals surface area contributed by atoms with Gasteiger partial charge in [0.1, 0.15) is 72.8 Å². The number of nitrogens with zero attached hydrogens (tertiary/aromatic N) is 2. The number of carboxylic acids is 1. The van der Waals surface area contributed by atoms with E-state index >= 15 is 24.0 Å². The first kappa shape index (κ1) is 116. The van der Waals surface area contributed by atoms with Gasteiger partial charge in [0, 0.05) is 125 Å². The number of para-hydroxylation sites is 1. The van der Waals surface area contributed by atoms with Crippen molar-refractivity contribution >= 4 is 123 Å². The molecule has 0 aliphatic carbocycles. The van der Waals surface area contributed by atoms with Crippen LogP contribution in [0.25, 0.3) is 10.9 Å². The number of ketones is 2. The SMILES string of the molecule is C.CCCC[C@H](NC(=O)[C@H](CNC(C)C)NC(=O)[C@H](CC1=CCC=N1)NC(=O)[C@H](CCC(N)=O)NC(=O)[C@H](CO)NC(=O)CNC(=O)COCCOCCNC(=O)CCCCCCCCCCCCCCC(=O)O)C(=O)N[C@H]1CCC(=O)CCCCC[C@@H](C(C)=O)NC(=O)[C@H](Cc2c[nH]c3ccccc23)NC(=O)[C@H](CCCNC(=N)N)NC(=O)[C@@H](Cc2ccccc2)NC(=O)[C@@H]2C[C@@H](O)CN2C1=O. The van der Waals surface area contributed by atoms with Gasteiger partial charge in [-0.15, -0.1) is 0 Å². The summed E-state index contributed by atoms with van der Waals surface area (Å²) in [4.78, 5) is 246. The number of aliphatic hydroxyl groups is 2. The average Bonchev–Trinajstić information content (AvgIpc) is 1.64. The zero-order valence-electron chi connectivity index (χ0n) is 79.5. The lowest BCUT2D eigenvalue weighted by molar-refractivity contribution is -0.143. The Hall–Kier alpha value is -12.2. The first-order chi connectivity index (χ1) is 65.7. The highest BCUT2D eigenvalue weighted by atomic mass is 16.5. The minimum atomic E-state index is -1.75. The number of carboxylic acid groups (broad SMARTS) is 1. The molecule has 23 N–H and O–H groups in total. The summed E-state index contributed by atoms with van der Waals surface area (Å²) in [7, 11) is 0. The second-order valence-corrected chi connectivity index (χ2v) is 35.4. The Labute approximate surface area is 807 Å². The third-order valence-electron chi connectivity index (χ3n) is 23.6. The maximum absolute atomic E-state index is 15.5. The van der Waals surface area contributed by atoms with Gasteiger partial charge in [-0.2, -0.15) is 0 Å². The zero-order chi connectivity index (χ0) is 100.0. The van der Waals surface area contributed by atoms with Crippen LogP contribution < -0.4 is 85.9 Å². The van der Waals surface area contributed by atoms with Crippen LogP contribution in [0, 0.1) is 5.41 Å². The van der Waals surface area contributed by atoms with Crippen LogP contribution in [0.2, 0.25) is 0 Å². The van der Waals surface area contributed by atoms with Gasteiger partial charge in [-0.3, -0.25) is 91.9 Å². The molecule has 0 spiro atoms. The minimum absolute atomic E-state index is 0. The number of amides is 14. The van der Waals surface area contributed by atoms with E-state index in [-0.39, 0.29) is 160 Å². The van der Waals surface area contributed by atoms with Gasteiger partial charge in [0.15, 0.2) is 11.7 Å². The van der Waals surface area contributed by atoms with Crippen LogP contribution in [-0.2, 0) is 104 Å². The monoisotopic (exact) mass is 1940 g/mol. The molecule has 14 amide bonds. The molecule has 4 heterocycles. The van der Waals surface area contributed by atoms with Gasteiger partial charge in [0.2, 0.25) is 82.7 Å². The molecule has 42 nitrogen and oxygen atoms in total. The fourth-order valence-electron chi connectivity index (χ4n) is 15.9. The number of Topliss-reactive ketones (excluding diaryl/α,β-unsaturated/α-hetero) is 2. The molecule has 138 heavy (non-hydrogen) atoms. The molecule has 2 saturated heterocycles. The summed E-state index contributed by atoms with van der Waals surface area (Å²) in [6.07, 6.45) is 16.0. The molecule has 0 saturated carbocycles. The number of nitrogens with one attached hydrogen (secondary N) is 16. The van der Waals surface area contributed by atoms with Crippen molar-refractivity contribution in [2.24, 2.45) is 16.5 Å². The summed E-state index contributed by atoms with van der Waals surface area (Å²) >= 11 is 0. The summed E-state index contributed by atoms with van der Waals surface area (Å²) in [6.45, 7) is 4.22. The number of hydrogen-bond acceptors (Lipinski definition) is 24. The fourth-order valence-corrected chi connectivity index (χ4v) is 15.9. The number of aliphatic hydroxyl groups excluding tert-OH is 2. The maximum atomic E-state index is 15.5. The number of H-pyrrole nitrogens is 1. The van der Waals surface area contributed by atoms with Gasteiger partial charge in [-0.1, -0.05) is 173 Å². The van der Waals surface area contributed by atoms with Gasteiger partial charge >= 0.3 is 5.97 Å². The van der Waals surface area contributed by atoms with Gasteiger partial charge in [0.05, 0.1) is 45.1 Å². The number of ether oxygens (including phenoxy) is 2. The van der Waals surface area contributed by atoms with Crippen molar-refractivity contribution in [2.75, 3.05) is 65.8 Å². The molecule has 42 heteroatoms. The predicted octanol–water partition coefficient (Wildman–Crippen LogP) is 1.57. The van der Waals surface area contributed by atoms with Crippen LogP contribution in [0.15, 0.2) is 77.6 Å². The van der Waals surface area contributed by atoms with E-state index in [1.165, 1.54) is 26.0 Å². The van der Waals surface area contributed by atoms with Crippen LogP contribution in [-0.4, -0.2) is 282 Å². The van der Waals surface area contributed by atoms with E-state index in [0.29, 0.717) is 48.9 Å². The van der Waals surface area contributed by atoms with E-state index in [2.05, 4.69) is 84.4 Å². The molecule has 3 aliphatic heterocycles. The Kier molecular flexibility index (Phi) is 54.7. The molecular weight excluding hydrogens is 1790 g/mol. The summed E-state index contributed by atoms with van der Waals surface area (Å²) in [5.74, 6) is -13.9. The van der Waals surface area contributed by atoms with E-state index in [1.807, 2.05) is 31.2 Å². The average molecular weight is 1940 g/mol. The number of carbonyl (C=O) groups is 17. The number of rotatable bonds is 57. The summed E-state index contributed by atoms with van der Waals surface area (Å²) in [5.41, 5.74) is 13.4. The number of aromatic nitrogens is 1. The lowest BCUT2D eigenvalue weighted by Crippen LogP contribution is -2.62. The standard InChI is InChI=1S/C95H146N20O22.CH4/c1-5-6-34-70(85(126)110-73-41-40-65(118)32-21-18-22-35-68(61(4)117)106-89(130)75(51-63-54-103-69-36-26-25-33-67(63)69)111-86(127)71(37-28-45-101-95(97)98)107-88(129)74(50-62-29-19-17-20-30-62)113-93(134)79-53-66(119)57-115(79)94(73)135)108-91(132)77(55-102-60(2)3)114-90(131)76(52-64-31-27-44-99-64)112-87(128)72(42-43-80(96)120)109-92(133)78(58-116)105-82(122)56-104-83(123)59-137-49-48-136-47-46-100-81(121)38-23-15-13-11-9-7-8-10-12-14-16-24-39-84(124)125;/h17,19-20,25-26,29-31,33,36,44,54,60,66,68,70-79,102-103,116,119H,5-16,18,21-24,27-28,32,34-35,37-43,45-53,55-59H2,1-4H3,(H2,96,120)(H,100,121)(H,104,123)(H,105,122)(H,106,130)(H,107,129)(H,108,132)(H,109,133)(H,110,126)(H,111,127)(H,112,128)(H,113,134)(H,114,131)(H,124,125)(H4,97,98,101);1H4/t66-,68+,70+,71+,72+,73+,74-,75+,76+,77+,78+,79+;/m1./s1. The number of fused-ring (bicyclic) bond motifs is 2. The first-order valence-corrected chi connectivity index (χ1v) is 48.2. The smallest absolute Gasteiger partial charge is 0.303 e. The lowest BCUT2D eigenvalue weighted by atomic mass is 9.99. The van der Waals surface area contributed by atoms with Gasteiger partial charge in [-0.25, -0.2) is 0 Å². The third-order valence-corrected chi connectivity index (χ3v) is 23.6. The minimum Gasteiger partial charge on any atom is -0.481 e. The second kappa shape index (κ2) is 64.8. The second-order valence-electron chi connectivity index (χ2n) is 35.4. The van der Waals surface area contributed by atoms with Crippen molar-refractivity contribution in [3.8, 4) is 0 Å².